The fourth-order valence-corrected chi connectivity index (χ4v) is 4.59. The number of aromatic amines is 1. The molecule has 3 aromatic rings. The van der Waals surface area contributed by atoms with Gasteiger partial charge in [0.2, 0.25) is 5.91 Å². The van der Waals surface area contributed by atoms with Gasteiger partial charge >= 0.3 is 0 Å². The Labute approximate surface area is 180 Å². The minimum absolute atomic E-state index is 0.103. The summed E-state index contributed by atoms with van der Waals surface area (Å²) in [5.41, 5.74) is 2.67. The first-order valence-electron chi connectivity index (χ1n) is 10.3. The van der Waals surface area contributed by atoms with E-state index in [0.29, 0.717) is 16.8 Å². The van der Waals surface area contributed by atoms with Gasteiger partial charge in [-0.3, -0.25) is 9.59 Å². The lowest BCUT2D eigenvalue weighted by Crippen LogP contribution is -2.39. The van der Waals surface area contributed by atoms with Crippen molar-refractivity contribution in [3.8, 4) is 11.3 Å². The minimum Gasteiger partial charge on any atom is -0.342 e. The molecular formula is C24H25N3O2S. The highest BCUT2D eigenvalue weighted by Crippen LogP contribution is 2.23. The topological polar surface area (TPSA) is 66.1 Å². The summed E-state index contributed by atoms with van der Waals surface area (Å²) < 4.78 is 0. The fourth-order valence-electron chi connectivity index (χ4n) is 3.82. The molecule has 1 aliphatic heterocycles. The zero-order valence-electron chi connectivity index (χ0n) is 16.8. The molecular weight excluding hydrogens is 394 g/mol. The monoisotopic (exact) mass is 419 g/mol. The second-order valence-corrected chi connectivity index (χ2v) is 8.57. The van der Waals surface area contributed by atoms with E-state index < -0.39 is 0 Å². The number of amides is 1. The van der Waals surface area contributed by atoms with Gasteiger partial charge in [0.05, 0.1) is 11.4 Å². The van der Waals surface area contributed by atoms with Crippen molar-refractivity contribution in [1.82, 2.24) is 14.9 Å². The van der Waals surface area contributed by atoms with E-state index in [0.717, 1.165) is 37.9 Å². The summed E-state index contributed by atoms with van der Waals surface area (Å²) in [4.78, 5) is 33.9. The van der Waals surface area contributed by atoms with E-state index in [-0.39, 0.29) is 17.2 Å². The summed E-state index contributed by atoms with van der Waals surface area (Å²) >= 11 is 1.29. The second-order valence-electron chi connectivity index (χ2n) is 7.60. The van der Waals surface area contributed by atoms with Crippen molar-refractivity contribution >= 4 is 17.7 Å². The van der Waals surface area contributed by atoms with Crippen LogP contribution in [0.25, 0.3) is 11.3 Å². The van der Waals surface area contributed by atoms with Crippen molar-refractivity contribution in [2.45, 2.75) is 24.4 Å². The van der Waals surface area contributed by atoms with Gasteiger partial charge in [-0.1, -0.05) is 72.4 Å². The van der Waals surface area contributed by atoms with Gasteiger partial charge in [-0.05, 0) is 30.7 Å². The predicted octanol–water partition coefficient (Wildman–Crippen LogP) is 4.01. The fraction of sp³-hybridized carbons (Fsp3) is 0.292. The number of carbonyl (C=O) groups is 1. The average molecular weight is 420 g/mol. The van der Waals surface area contributed by atoms with Gasteiger partial charge in [0.1, 0.15) is 0 Å². The van der Waals surface area contributed by atoms with Gasteiger partial charge < -0.3 is 9.88 Å². The van der Waals surface area contributed by atoms with Crippen molar-refractivity contribution in [3.63, 3.8) is 0 Å². The molecule has 0 saturated carbocycles. The lowest BCUT2D eigenvalue weighted by molar-refractivity contribution is -0.129. The van der Waals surface area contributed by atoms with Crippen LogP contribution in [-0.4, -0.2) is 39.6 Å². The summed E-state index contributed by atoms with van der Waals surface area (Å²) in [7, 11) is 0. The molecule has 1 fully saturated rings. The molecule has 2 aromatic carbocycles. The molecule has 0 radical (unpaired) electrons. The number of piperidine rings is 1. The molecule has 154 valence electrons. The van der Waals surface area contributed by atoms with Gasteiger partial charge in [0.15, 0.2) is 5.16 Å². The number of nitrogens with one attached hydrogen (secondary N) is 1. The van der Waals surface area contributed by atoms with E-state index in [4.69, 9.17) is 0 Å². The highest BCUT2D eigenvalue weighted by Gasteiger charge is 2.23. The minimum atomic E-state index is -0.208. The molecule has 1 aromatic heterocycles. The molecule has 4 rings (SSSR count). The number of thioether (sulfide) groups is 1. The van der Waals surface area contributed by atoms with Crippen LogP contribution in [0.2, 0.25) is 0 Å². The molecule has 1 amide bonds. The maximum atomic E-state index is 12.7. The smallest absolute Gasteiger partial charge is 0.252 e. The zero-order valence-corrected chi connectivity index (χ0v) is 17.6. The van der Waals surface area contributed by atoms with E-state index in [9.17, 15) is 9.59 Å². The Morgan fingerprint density at radius 3 is 2.40 bits per heavy atom. The van der Waals surface area contributed by atoms with E-state index in [1.165, 1.54) is 23.4 Å². The van der Waals surface area contributed by atoms with Crippen molar-refractivity contribution < 1.29 is 4.79 Å². The molecule has 0 spiro atoms. The first-order valence-corrected chi connectivity index (χ1v) is 11.3. The predicted molar refractivity (Wildman–Crippen MR) is 120 cm³/mol. The number of hydrogen-bond donors (Lipinski definition) is 1. The highest BCUT2D eigenvalue weighted by atomic mass is 32.2. The van der Waals surface area contributed by atoms with Crippen LogP contribution in [0.1, 0.15) is 18.4 Å². The van der Waals surface area contributed by atoms with Gasteiger partial charge in [-0.25, -0.2) is 4.98 Å². The molecule has 0 unspecified atom stereocenters. The molecule has 2 heterocycles. The maximum absolute atomic E-state index is 12.7. The standard InChI is InChI=1S/C24H25N3O2S/c28-22-16-21(20-9-5-2-6-10-20)25-24(26-22)30-17-23(29)27-13-11-19(12-14-27)15-18-7-3-1-4-8-18/h1-10,16,19H,11-15,17H2,(H,25,26,28). The van der Waals surface area contributed by atoms with Crippen LogP contribution in [0.15, 0.2) is 76.7 Å². The Balaban J connectivity index is 1.30. The molecule has 5 nitrogen and oxygen atoms in total. The van der Waals surface area contributed by atoms with E-state index >= 15 is 0 Å². The van der Waals surface area contributed by atoms with Crippen molar-refractivity contribution in [2.75, 3.05) is 18.8 Å². The van der Waals surface area contributed by atoms with E-state index in [1.54, 1.807) is 0 Å². The summed E-state index contributed by atoms with van der Waals surface area (Å²) in [6.07, 6.45) is 3.14. The van der Waals surface area contributed by atoms with Crippen molar-refractivity contribution in [1.29, 1.82) is 0 Å². The largest absolute Gasteiger partial charge is 0.342 e. The maximum Gasteiger partial charge on any atom is 0.252 e. The number of hydrogen-bond acceptors (Lipinski definition) is 4. The van der Waals surface area contributed by atoms with Gasteiger partial charge in [-0.2, -0.15) is 0 Å². The lowest BCUT2D eigenvalue weighted by Gasteiger charge is -2.32. The number of likely N-dealkylation sites (tertiary alicyclic amines) is 1. The third-order valence-electron chi connectivity index (χ3n) is 5.46. The molecule has 6 heteroatoms. The Morgan fingerprint density at radius 1 is 1.03 bits per heavy atom. The van der Waals surface area contributed by atoms with Gasteiger partial charge in [0.25, 0.3) is 5.56 Å². The summed E-state index contributed by atoms with van der Waals surface area (Å²) in [6, 6.07) is 21.6. The zero-order chi connectivity index (χ0) is 20.8. The molecule has 1 saturated heterocycles. The number of aromatic nitrogens is 2. The van der Waals surface area contributed by atoms with E-state index in [2.05, 4.69) is 34.2 Å². The number of rotatable bonds is 6. The number of H-pyrrole nitrogens is 1. The molecule has 1 N–H and O–H groups in total. The van der Waals surface area contributed by atoms with Crippen LogP contribution in [-0.2, 0) is 11.2 Å². The third-order valence-corrected chi connectivity index (χ3v) is 6.31. The quantitative estimate of drug-likeness (QED) is 0.484. The van der Waals surface area contributed by atoms with Gasteiger partial charge in [-0.15, -0.1) is 0 Å². The molecule has 0 bridgehead atoms. The SMILES string of the molecule is O=C(CSc1nc(-c2ccccc2)cc(=O)[nH]1)N1CCC(Cc2ccccc2)CC1. The molecule has 1 aliphatic rings. The van der Waals surface area contributed by atoms with E-state index in [1.807, 2.05) is 41.3 Å². The van der Waals surface area contributed by atoms with Crippen molar-refractivity contribution in [3.05, 3.63) is 82.6 Å². The Hall–Kier alpha value is -2.86. The molecule has 0 aliphatic carbocycles. The van der Waals surface area contributed by atoms with Gasteiger partial charge in [0, 0.05) is 24.7 Å². The Kier molecular flexibility index (Phi) is 6.64. The van der Waals surface area contributed by atoms with Crippen LogP contribution in [0.4, 0.5) is 0 Å². The van der Waals surface area contributed by atoms with Crippen LogP contribution in [0.5, 0.6) is 0 Å². The number of carbonyl (C=O) groups excluding carboxylic acids is 1. The van der Waals surface area contributed by atoms with Crippen LogP contribution in [0.3, 0.4) is 0 Å². The average Bonchev–Trinajstić information content (AvgIpc) is 2.79. The molecule has 0 atom stereocenters. The summed E-state index contributed by atoms with van der Waals surface area (Å²) in [5, 5.41) is 0.480. The van der Waals surface area contributed by atoms with Crippen molar-refractivity contribution in [2.24, 2.45) is 5.92 Å². The molecule has 30 heavy (non-hydrogen) atoms. The Bertz CT molecular complexity index is 1030. The normalized spacial score (nSPS) is 14.6. The summed E-state index contributed by atoms with van der Waals surface area (Å²) in [6.45, 7) is 1.59. The third kappa shape index (κ3) is 5.39. The van der Waals surface area contributed by atoms with Crippen LogP contribution in [0, 0.1) is 5.92 Å². The second kappa shape index (κ2) is 9.76. The summed E-state index contributed by atoms with van der Waals surface area (Å²) in [5.74, 6) is 1.01. The number of benzene rings is 2. The first-order chi connectivity index (χ1) is 14.7. The highest BCUT2D eigenvalue weighted by molar-refractivity contribution is 7.99. The Morgan fingerprint density at radius 2 is 1.70 bits per heavy atom. The lowest BCUT2D eigenvalue weighted by atomic mass is 9.90. The van der Waals surface area contributed by atoms with Crippen LogP contribution < -0.4 is 5.56 Å². The van der Waals surface area contributed by atoms with Crippen LogP contribution >= 0.6 is 11.8 Å². The number of nitrogens with zero attached hydrogens (tertiary/aromatic N) is 2. The first kappa shape index (κ1) is 20.4.